The lowest BCUT2D eigenvalue weighted by Gasteiger charge is -1.95. The van der Waals surface area contributed by atoms with Crippen molar-refractivity contribution in [2.75, 3.05) is 5.75 Å². The minimum atomic E-state index is -0.243. The number of nitrogens with zero attached hydrogens (tertiary/aromatic N) is 1. The topological polar surface area (TPSA) is 30.0 Å². The van der Waals surface area contributed by atoms with Crippen LogP contribution < -0.4 is 0 Å². The van der Waals surface area contributed by atoms with E-state index in [0.29, 0.717) is 5.75 Å². The summed E-state index contributed by atoms with van der Waals surface area (Å²) in [6.07, 6.45) is 0.887. The molecule has 17 heavy (non-hydrogen) atoms. The summed E-state index contributed by atoms with van der Waals surface area (Å²) in [5, 5.41) is 2.85. The van der Waals surface area contributed by atoms with Crippen LogP contribution in [0.5, 0.6) is 0 Å². The van der Waals surface area contributed by atoms with Crippen molar-refractivity contribution >= 4 is 29.4 Å². The summed E-state index contributed by atoms with van der Waals surface area (Å²) in [6, 6.07) is 6.29. The van der Waals surface area contributed by atoms with Crippen LogP contribution >= 0.6 is 23.1 Å². The van der Waals surface area contributed by atoms with Crippen molar-refractivity contribution in [1.29, 1.82) is 0 Å². The van der Waals surface area contributed by atoms with E-state index in [1.807, 2.05) is 5.38 Å². The van der Waals surface area contributed by atoms with Crippen LogP contribution in [0, 0.1) is 5.82 Å². The van der Waals surface area contributed by atoms with Gasteiger partial charge in [-0.15, -0.1) is 23.1 Å². The summed E-state index contributed by atoms with van der Waals surface area (Å²) in [5.74, 6) is 0.979. The van der Waals surface area contributed by atoms with Gasteiger partial charge in [-0.25, -0.2) is 9.37 Å². The summed E-state index contributed by atoms with van der Waals surface area (Å²) >= 11 is 3.06. The molecule has 2 aromatic rings. The van der Waals surface area contributed by atoms with Crippen molar-refractivity contribution in [3.63, 3.8) is 0 Å². The zero-order valence-corrected chi connectivity index (χ0v) is 10.6. The van der Waals surface area contributed by atoms with E-state index in [4.69, 9.17) is 0 Å². The first-order valence-electron chi connectivity index (χ1n) is 5.01. The van der Waals surface area contributed by atoms with Crippen LogP contribution in [0.25, 0.3) is 10.6 Å². The van der Waals surface area contributed by atoms with Gasteiger partial charge in [-0.1, -0.05) is 0 Å². The molecule has 0 bridgehead atoms. The Morgan fingerprint density at radius 2 is 2.12 bits per heavy atom. The van der Waals surface area contributed by atoms with Gasteiger partial charge in [-0.05, 0) is 24.3 Å². The van der Waals surface area contributed by atoms with E-state index >= 15 is 0 Å². The van der Waals surface area contributed by atoms with Crippen LogP contribution in [0.2, 0.25) is 0 Å². The summed E-state index contributed by atoms with van der Waals surface area (Å²) in [4.78, 5) is 14.6. The van der Waals surface area contributed by atoms with Gasteiger partial charge in [0.2, 0.25) is 0 Å². The Morgan fingerprint density at radius 3 is 2.82 bits per heavy atom. The van der Waals surface area contributed by atoms with E-state index in [2.05, 4.69) is 4.98 Å². The maximum Gasteiger partial charge on any atom is 0.129 e. The van der Waals surface area contributed by atoms with Gasteiger partial charge in [0.15, 0.2) is 0 Å². The molecule has 0 aliphatic rings. The number of carbonyl (C=O) groups excluding carboxylic acids is 1. The molecule has 1 aromatic carbocycles. The number of hydrogen-bond acceptors (Lipinski definition) is 4. The third kappa shape index (κ3) is 3.38. The Morgan fingerprint density at radius 1 is 1.35 bits per heavy atom. The van der Waals surface area contributed by atoms with E-state index < -0.39 is 0 Å². The lowest BCUT2D eigenvalue weighted by molar-refractivity contribution is -0.105. The monoisotopic (exact) mass is 267 g/mol. The molecule has 0 saturated carbocycles. The molecule has 0 amide bonds. The smallest absolute Gasteiger partial charge is 0.129 e. The number of carbonyl (C=O) groups is 1. The van der Waals surface area contributed by atoms with Gasteiger partial charge in [0.05, 0.1) is 5.69 Å². The average Bonchev–Trinajstić information content (AvgIpc) is 2.79. The molecule has 0 spiro atoms. The minimum Gasteiger partial charge on any atom is -0.302 e. The molecule has 2 nitrogen and oxygen atoms in total. The number of thiazole rings is 1. The Balaban J connectivity index is 2.07. The molecule has 1 heterocycles. The zero-order chi connectivity index (χ0) is 12.1. The van der Waals surface area contributed by atoms with Crippen molar-refractivity contribution < 1.29 is 9.18 Å². The highest BCUT2D eigenvalue weighted by Gasteiger charge is 2.04. The first kappa shape index (κ1) is 12.3. The highest BCUT2D eigenvalue weighted by molar-refractivity contribution is 7.99. The molecule has 0 saturated heterocycles. The highest BCUT2D eigenvalue weighted by Crippen LogP contribution is 2.25. The van der Waals surface area contributed by atoms with Gasteiger partial charge in [0.1, 0.15) is 17.1 Å². The average molecular weight is 267 g/mol. The van der Waals surface area contributed by atoms with Crippen LogP contribution in [0.3, 0.4) is 0 Å². The predicted molar refractivity (Wildman–Crippen MR) is 69.7 cm³/mol. The molecule has 5 heteroatoms. The molecule has 88 valence electrons. The Kier molecular flexibility index (Phi) is 4.28. The number of benzene rings is 1. The molecule has 0 aliphatic heterocycles. The second-order valence-corrected chi connectivity index (χ2v) is 5.22. The first-order valence-corrected chi connectivity index (χ1v) is 7.05. The number of halogens is 1. The quantitative estimate of drug-likeness (QED) is 0.614. The predicted octanol–water partition coefficient (Wildman–Crippen LogP) is 3.38. The van der Waals surface area contributed by atoms with Crippen LogP contribution in [0.1, 0.15) is 5.69 Å². The number of aromatic nitrogens is 1. The van der Waals surface area contributed by atoms with Crippen LogP contribution in [-0.2, 0) is 10.5 Å². The molecule has 1 aromatic heterocycles. The van der Waals surface area contributed by atoms with E-state index in [1.165, 1.54) is 35.2 Å². The number of aldehydes is 1. The van der Waals surface area contributed by atoms with Gasteiger partial charge in [-0.3, -0.25) is 0 Å². The normalized spacial score (nSPS) is 10.4. The second kappa shape index (κ2) is 5.93. The second-order valence-electron chi connectivity index (χ2n) is 3.33. The Hall–Kier alpha value is -1.20. The molecule has 0 atom stereocenters. The Labute approximate surface area is 107 Å². The number of rotatable bonds is 5. The zero-order valence-electron chi connectivity index (χ0n) is 8.93. The van der Waals surface area contributed by atoms with Crippen molar-refractivity contribution in [3.8, 4) is 10.6 Å². The molecule has 0 radical (unpaired) electrons. The van der Waals surface area contributed by atoms with Crippen LogP contribution in [0.15, 0.2) is 29.6 Å². The minimum absolute atomic E-state index is 0.243. The molecule has 2 rings (SSSR count). The van der Waals surface area contributed by atoms with Crippen molar-refractivity contribution in [3.05, 3.63) is 41.2 Å². The fourth-order valence-electron chi connectivity index (χ4n) is 1.31. The lowest BCUT2D eigenvalue weighted by atomic mass is 10.2. The van der Waals surface area contributed by atoms with E-state index in [1.54, 1.807) is 12.1 Å². The fourth-order valence-corrected chi connectivity index (χ4v) is 2.81. The standard InChI is InChI=1S/C12H10FNOS2/c13-10-3-1-9(2-4-10)12-14-11(8-17-12)7-16-6-5-15/h1-5,8H,6-7H2. The van der Waals surface area contributed by atoms with Gasteiger partial charge >= 0.3 is 0 Å². The summed E-state index contributed by atoms with van der Waals surface area (Å²) in [7, 11) is 0. The van der Waals surface area contributed by atoms with Crippen molar-refractivity contribution in [2.24, 2.45) is 0 Å². The van der Waals surface area contributed by atoms with Crippen molar-refractivity contribution in [2.45, 2.75) is 5.75 Å². The van der Waals surface area contributed by atoms with E-state index in [0.717, 1.165) is 28.3 Å². The van der Waals surface area contributed by atoms with Crippen LogP contribution in [0.4, 0.5) is 4.39 Å². The summed E-state index contributed by atoms with van der Waals surface area (Å²) in [6.45, 7) is 0. The van der Waals surface area contributed by atoms with Gasteiger partial charge < -0.3 is 4.79 Å². The molecule has 0 aliphatic carbocycles. The molecular weight excluding hydrogens is 257 g/mol. The molecule has 0 N–H and O–H groups in total. The number of hydrogen-bond donors (Lipinski definition) is 0. The van der Waals surface area contributed by atoms with E-state index in [9.17, 15) is 9.18 Å². The van der Waals surface area contributed by atoms with Gasteiger partial charge in [0.25, 0.3) is 0 Å². The maximum absolute atomic E-state index is 12.8. The van der Waals surface area contributed by atoms with Gasteiger partial charge in [0, 0.05) is 22.4 Å². The first-order chi connectivity index (χ1) is 8.29. The lowest BCUT2D eigenvalue weighted by Crippen LogP contribution is -1.84. The maximum atomic E-state index is 12.8. The van der Waals surface area contributed by atoms with Crippen LogP contribution in [-0.4, -0.2) is 17.0 Å². The largest absolute Gasteiger partial charge is 0.302 e. The third-order valence-electron chi connectivity index (χ3n) is 2.08. The van der Waals surface area contributed by atoms with Gasteiger partial charge in [-0.2, -0.15) is 0 Å². The van der Waals surface area contributed by atoms with E-state index in [-0.39, 0.29) is 5.82 Å². The fraction of sp³-hybridized carbons (Fsp3) is 0.167. The molecule has 0 unspecified atom stereocenters. The summed E-state index contributed by atoms with van der Waals surface area (Å²) < 4.78 is 12.8. The number of thioether (sulfide) groups is 1. The highest BCUT2D eigenvalue weighted by atomic mass is 32.2. The van der Waals surface area contributed by atoms with Crippen molar-refractivity contribution in [1.82, 2.24) is 4.98 Å². The summed E-state index contributed by atoms with van der Waals surface area (Å²) in [5.41, 5.74) is 1.88. The Bertz CT molecular complexity index is 495. The molecular formula is C12H10FNOS2. The third-order valence-corrected chi connectivity index (χ3v) is 3.89. The molecule has 0 fully saturated rings. The SMILES string of the molecule is O=CCSCc1csc(-c2ccc(F)cc2)n1.